The molecule has 1 saturated heterocycles. The van der Waals surface area contributed by atoms with Gasteiger partial charge in [-0.1, -0.05) is 12.1 Å². The van der Waals surface area contributed by atoms with Gasteiger partial charge in [-0.05, 0) is 54.8 Å². The number of imidazole rings is 1. The van der Waals surface area contributed by atoms with E-state index >= 15 is 0 Å². The van der Waals surface area contributed by atoms with Crippen LogP contribution >= 0.6 is 0 Å². The van der Waals surface area contributed by atoms with E-state index < -0.39 is 21.9 Å². The molecule has 1 aromatic heterocycles. The zero-order valence-corrected chi connectivity index (χ0v) is 19.8. The minimum absolute atomic E-state index is 0.0474. The molecular formula is C24H27FN4O4S. The molecule has 1 amide bonds. The summed E-state index contributed by atoms with van der Waals surface area (Å²) in [6, 6.07) is 11.7. The van der Waals surface area contributed by atoms with Gasteiger partial charge >= 0.3 is 0 Å². The molecule has 34 heavy (non-hydrogen) atoms. The fourth-order valence-corrected chi connectivity index (χ4v) is 5.59. The number of piperidine rings is 1. The normalized spacial score (nSPS) is 16.2. The lowest BCUT2D eigenvalue weighted by molar-refractivity contribution is -0.126. The van der Waals surface area contributed by atoms with Gasteiger partial charge in [0.25, 0.3) is 0 Å². The summed E-state index contributed by atoms with van der Waals surface area (Å²) < 4.78 is 47.4. The van der Waals surface area contributed by atoms with E-state index in [1.165, 1.54) is 16.4 Å². The maximum atomic E-state index is 13.2. The van der Waals surface area contributed by atoms with E-state index in [1.807, 2.05) is 42.1 Å². The third-order valence-corrected chi connectivity index (χ3v) is 8.04. The van der Waals surface area contributed by atoms with E-state index in [9.17, 15) is 17.6 Å². The first-order valence-electron chi connectivity index (χ1n) is 11.0. The summed E-state index contributed by atoms with van der Waals surface area (Å²) in [6.45, 7) is 0.431. The SMILES string of the molecule is COc1ccc([C@@H](NC(=O)C2CCN(S(=O)(=O)c3ccc(F)cc3)CC2)c2nccn2C)cc1. The highest BCUT2D eigenvalue weighted by atomic mass is 32.2. The molecule has 2 aromatic carbocycles. The number of ether oxygens (including phenoxy) is 1. The van der Waals surface area contributed by atoms with Crippen LogP contribution in [-0.2, 0) is 21.9 Å². The maximum Gasteiger partial charge on any atom is 0.243 e. The summed E-state index contributed by atoms with van der Waals surface area (Å²) in [7, 11) is -0.274. The average molecular weight is 487 g/mol. The quantitative estimate of drug-likeness (QED) is 0.554. The predicted molar refractivity (Wildman–Crippen MR) is 124 cm³/mol. The van der Waals surface area contributed by atoms with Gasteiger partial charge in [0.2, 0.25) is 15.9 Å². The number of aryl methyl sites for hydroxylation is 1. The van der Waals surface area contributed by atoms with Crippen molar-refractivity contribution in [1.82, 2.24) is 19.2 Å². The lowest BCUT2D eigenvalue weighted by Crippen LogP contribution is -2.44. The minimum atomic E-state index is -3.73. The highest BCUT2D eigenvalue weighted by molar-refractivity contribution is 7.89. The van der Waals surface area contributed by atoms with E-state index in [0.29, 0.717) is 24.4 Å². The molecule has 180 valence electrons. The van der Waals surface area contributed by atoms with Crippen molar-refractivity contribution in [2.45, 2.75) is 23.8 Å². The third-order valence-electron chi connectivity index (χ3n) is 6.13. The van der Waals surface area contributed by atoms with Crippen molar-refractivity contribution < 1.29 is 22.3 Å². The van der Waals surface area contributed by atoms with Crippen LogP contribution in [0.4, 0.5) is 4.39 Å². The topological polar surface area (TPSA) is 93.5 Å². The van der Waals surface area contributed by atoms with Gasteiger partial charge < -0.3 is 14.6 Å². The van der Waals surface area contributed by atoms with Crippen molar-refractivity contribution in [3.8, 4) is 5.75 Å². The van der Waals surface area contributed by atoms with Crippen molar-refractivity contribution in [2.24, 2.45) is 13.0 Å². The van der Waals surface area contributed by atoms with Crippen molar-refractivity contribution in [1.29, 1.82) is 0 Å². The Morgan fingerprint density at radius 3 is 2.32 bits per heavy atom. The number of benzene rings is 2. The molecule has 2 heterocycles. The zero-order valence-electron chi connectivity index (χ0n) is 19.0. The van der Waals surface area contributed by atoms with Gasteiger partial charge in [0.1, 0.15) is 23.4 Å². The number of methoxy groups -OCH3 is 1. The molecule has 0 radical (unpaired) electrons. The largest absolute Gasteiger partial charge is 0.497 e. The first-order valence-corrected chi connectivity index (χ1v) is 12.4. The van der Waals surface area contributed by atoms with Crippen LogP contribution in [0.1, 0.15) is 30.3 Å². The second-order valence-electron chi connectivity index (χ2n) is 8.24. The molecule has 3 aromatic rings. The van der Waals surface area contributed by atoms with E-state index in [-0.39, 0.29) is 29.8 Å². The predicted octanol–water partition coefficient (Wildman–Crippen LogP) is 2.87. The van der Waals surface area contributed by atoms with Crippen LogP contribution in [0.25, 0.3) is 0 Å². The number of nitrogens with zero attached hydrogens (tertiary/aromatic N) is 3. The van der Waals surface area contributed by atoms with E-state index in [4.69, 9.17) is 4.74 Å². The van der Waals surface area contributed by atoms with Crippen LogP contribution in [0.15, 0.2) is 65.8 Å². The molecular weight excluding hydrogens is 459 g/mol. The number of hydrogen-bond acceptors (Lipinski definition) is 5. The highest BCUT2D eigenvalue weighted by Crippen LogP contribution is 2.27. The number of hydrogen-bond donors (Lipinski definition) is 1. The lowest BCUT2D eigenvalue weighted by atomic mass is 9.96. The summed E-state index contributed by atoms with van der Waals surface area (Å²) >= 11 is 0. The Bertz CT molecular complexity index is 1230. The molecule has 4 rings (SSSR count). The van der Waals surface area contributed by atoms with Crippen LogP contribution in [-0.4, -0.2) is 48.4 Å². The van der Waals surface area contributed by atoms with Crippen LogP contribution < -0.4 is 10.1 Å². The van der Waals surface area contributed by atoms with Crippen molar-refractivity contribution in [2.75, 3.05) is 20.2 Å². The molecule has 0 aliphatic carbocycles. The van der Waals surface area contributed by atoms with E-state index in [1.54, 1.807) is 13.3 Å². The van der Waals surface area contributed by atoms with Crippen LogP contribution in [0.3, 0.4) is 0 Å². The summed E-state index contributed by atoms with van der Waals surface area (Å²) in [5.41, 5.74) is 0.861. The molecule has 0 unspecified atom stereocenters. The van der Waals surface area contributed by atoms with Gasteiger partial charge in [-0.3, -0.25) is 4.79 Å². The van der Waals surface area contributed by atoms with Gasteiger partial charge in [0, 0.05) is 38.4 Å². The Hall–Kier alpha value is -3.24. The average Bonchev–Trinajstić information content (AvgIpc) is 3.28. The van der Waals surface area contributed by atoms with Gasteiger partial charge in [0.15, 0.2) is 0 Å². The summed E-state index contributed by atoms with van der Waals surface area (Å²) in [6.07, 6.45) is 4.28. The lowest BCUT2D eigenvalue weighted by Gasteiger charge is -2.31. The van der Waals surface area contributed by atoms with Gasteiger partial charge in [0.05, 0.1) is 12.0 Å². The Labute approximate surface area is 198 Å². The fraction of sp³-hybridized carbons (Fsp3) is 0.333. The molecule has 1 aliphatic rings. The summed E-state index contributed by atoms with van der Waals surface area (Å²) in [5, 5.41) is 3.10. The molecule has 0 spiro atoms. The number of nitrogens with one attached hydrogen (secondary N) is 1. The zero-order chi connectivity index (χ0) is 24.3. The number of sulfonamides is 1. The molecule has 8 nitrogen and oxygen atoms in total. The standard InChI is InChI=1S/C24H27FN4O4S/c1-28-16-13-26-23(28)22(17-3-7-20(33-2)8-4-17)27-24(30)18-11-14-29(15-12-18)34(31,32)21-9-5-19(25)6-10-21/h3-10,13,16,18,22H,11-12,14-15H2,1-2H3,(H,27,30)/t22-/m1/s1. The first-order chi connectivity index (χ1) is 16.3. The molecule has 1 atom stereocenters. The Morgan fingerprint density at radius 1 is 1.12 bits per heavy atom. The fourth-order valence-electron chi connectivity index (χ4n) is 4.12. The van der Waals surface area contributed by atoms with Crippen molar-refractivity contribution >= 4 is 15.9 Å². The summed E-state index contributed by atoms with van der Waals surface area (Å²) in [5.74, 6) is 0.426. The van der Waals surface area contributed by atoms with Crippen molar-refractivity contribution in [3.63, 3.8) is 0 Å². The number of carbonyl (C=O) groups excluding carboxylic acids is 1. The number of aromatic nitrogens is 2. The molecule has 0 saturated carbocycles. The number of carbonyl (C=O) groups is 1. The van der Waals surface area contributed by atoms with Gasteiger partial charge in [-0.25, -0.2) is 17.8 Å². The number of amides is 1. The first kappa shape index (κ1) is 23.9. The Kier molecular flexibility index (Phi) is 6.99. The van der Waals surface area contributed by atoms with Crippen LogP contribution in [0, 0.1) is 11.7 Å². The third kappa shape index (κ3) is 4.97. The van der Waals surface area contributed by atoms with Crippen LogP contribution in [0.2, 0.25) is 0 Å². The second kappa shape index (κ2) is 9.94. The molecule has 1 aliphatic heterocycles. The molecule has 1 N–H and O–H groups in total. The second-order valence-corrected chi connectivity index (χ2v) is 10.2. The minimum Gasteiger partial charge on any atom is -0.497 e. The van der Waals surface area contributed by atoms with E-state index in [2.05, 4.69) is 10.3 Å². The monoisotopic (exact) mass is 486 g/mol. The van der Waals surface area contributed by atoms with Crippen LogP contribution in [0.5, 0.6) is 5.75 Å². The Morgan fingerprint density at radius 2 is 1.76 bits per heavy atom. The molecule has 0 bridgehead atoms. The number of rotatable bonds is 7. The van der Waals surface area contributed by atoms with Gasteiger partial charge in [-0.15, -0.1) is 0 Å². The number of halogens is 1. The maximum absolute atomic E-state index is 13.2. The molecule has 1 fully saturated rings. The Balaban J connectivity index is 1.46. The van der Waals surface area contributed by atoms with Gasteiger partial charge in [-0.2, -0.15) is 4.31 Å². The highest BCUT2D eigenvalue weighted by Gasteiger charge is 2.33. The molecule has 10 heteroatoms. The summed E-state index contributed by atoms with van der Waals surface area (Å²) in [4.78, 5) is 17.7. The van der Waals surface area contributed by atoms with E-state index in [0.717, 1.165) is 17.7 Å². The smallest absolute Gasteiger partial charge is 0.243 e. The van der Waals surface area contributed by atoms with Crippen molar-refractivity contribution in [3.05, 3.63) is 78.1 Å².